The first-order valence-electron chi connectivity index (χ1n) is 6.08. The Morgan fingerprint density at radius 1 is 1.50 bits per heavy atom. The molecule has 0 saturated carbocycles. The molecule has 1 aliphatic rings. The van der Waals surface area contributed by atoms with Gasteiger partial charge in [-0.2, -0.15) is 0 Å². The second-order valence-electron chi connectivity index (χ2n) is 4.46. The number of aliphatic hydroxyl groups excluding tert-OH is 1. The molecule has 3 nitrogen and oxygen atoms in total. The quantitative estimate of drug-likeness (QED) is 0.873. The van der Waals surface area contributed by atoms with Crippen molar-refractivity contribution >= 4 is 11.3 Å². The van der Waals surface area contributed by atoms with E-state index >= 15 is 0 Å². The molecule has 0 radical (unpaired) electrons. The minimum atomic E-state index is 0.131. The van der Waals surface area contributed by atoms with Crippen molar-refractivity contribution in [1.29, 1.82) is 0 Å². The van der Waals surface area contributed by atoms with E-state index in [1.165, 1.54) is 37.5 Å². The van der Waals surface area contributed by atoms with Crippen LogP contribution in [0.25, 0.3) is 0 Å². The van der Waals surface area contributed by atoms with Gasteiger partial charge in [0.25, 0.3) is 0 Å². The first-order chi connectivity index (χ1) is 7.81. The summed E-state index contributed by atoms with van der Waals surface area (Å²) < 4.78 is 0. The van der Waals surface area contributed by atoms with Gasteiger partial charge in [0, 0.05) is 12.6 Å². The first-order valence-corrected chi connectivity index (χ1v) is 6.90. The molecule has 90 valence electrons. The van der Waals surface area contributed by atoms with Crippen molar-refractivity contribution in [3.05, 3.63) is 16.1 Å². The van der Waals surface area contributed by atoms with Crippen LogP contribution in [0.3, 0.4) is 0 Å². The van der Waals surface area contributed by atoms with Crippen molar-refractivity contribution in [1.82, 2.24) is 9.88 Å². The summed E-state index contributed by atoms with van der Waals surface area (Å²) in [7, 11) is 0. The molecule has 0 aliphatic carbocycles. The van der Waals surface area contributed by atoms with Gasteiger partial charge in [0.05, 0.1) is 16.5 Å². The van der Waals surface area contributed by atoms with Gasteiger partial charge in [-0.1, -0.05) is 6.92 Å². The third-order valence-corrected chi connectivity index (χ3v) is 4.38. The summed E-state index contributed by atoms with van der Waals surface area (Å²) in [5, 5.41) is 10.2. The number of piperidine rings is 1. The SMILES string of the molecule is CCN1CCC(Cc2ncc(CO)s2)CC1. The van der Waals surface area contributed by atoms with Gasteiger partial charge < -0.3 is 10.0 Å². The fourth-order valence-electron chi connectivity index (χ4n) is 2.27. The van der Waals surface area contributed by atoms with Gasteiger partial charge >= 0.3 is 0 Å². The van der Waals surface area contributed by atoms with Gasteiger partial charge in [-0.3, -0.25) is 0 Å². The molecule has 1 aliphatic heterocycles. The van der Waals surface area contributed by atoms with Gasteiger partial charge in [-0.25, -0.2) is 4.98 Å². The molecule has 1 saturated heterocycles. The molecule has 0 unspecified atom stereocenters. The van der Waals surface area contributed by atoms with E-state index in [1.54, 1.807) is 17.5 Å². The summed E-state index contributed by atoms with van der Waals surface area (Å²) in [5.41, 5.74) is 0. The first kappa shape index (κ1) is 12.0. The average Bonchev–Trinajstić information content (AvgIpc) is 2.78. The monoisotopic (exact) mass is 240 g/mol. The normalized spacial score (nSPS) is 19.1. The average molecular weight is 240 g/mol. The van der Waals surface area contributed by atoms with E-state index in [0.29, 0.717) is 0 Å². The maximum Gasteiger partial charge on any atom is 0.0931 e. The Labute approximate surface area is 101 Å². The summed E-state index contributed by atoms with van der Waals surface area (Å²) in [4.78, 5) is 7.86. The Morgan fingerprint density at radius 2 is 2.25 bits per heavy atom. The van der Waals surface area contributed by atoms with Crippen LogP contribution in [0.2, 0.25) is 0 Å². The molecule has 0 atom stereocenters. The van der Waals surface area contributed by atoms with Crippen LogP contribution in [-0.2, 0) is 13.0 Å². The molecule has 2 heterocycles. The van der Waals surface area contributed by atoms with Crippen LogP contribution in [0.5, 0.6) is 0 Å². The van der Waals surface area contributed by atoms with Crippen molar-refractivity contribution in [3.63, 3.8) is 0 Å². The van der Waals surface area contributed by atoms with E-state index in [1.807, 2.05) is 0 Å². The molecule has 1 N–H and O–H groups in total. The van der Waals surface area contributed by atoms with Crippen molar-refractivity contribution < 1.29 is 5.11 Å². The van der Waals surface area contributed by atoms with E-state index in [0.717, 1.165) is 17.2 Å². The number of hydrogen-bond acceptors (Lipinski definition) is 4. The van der Waals surface area contributed by atoms with Crippen LogP contribution in [0.15, 0.2) is 6.20 Å². The zero-order chi connectivity index (χ0) is 11.4. The lowest BCUT2D eigenvalue weighted by Crippen LogP contribution is -2.33. The van der Waals surface area contributed by atoms with Crippen LogP contribution >= 0.6 is 11.3 Å². The summed E-state index contributed by atoms with van der Waals surface area (Å²) >= 11 is 1.66. The molecule has 16 heavy (non-hydrogen) atoms. The van der Waals surface area contributed by atoms with Gasteiger partial charge in [-0.15, -0.1) is 11.3 Å². The summed E-state index contributed by atoms with van der Waals surface area (Å²) in [6.45, 7) is 6.01. The van der Waals surface area contributed by atoms with E-state index in [2.05, 4.69) is 16.8 Å². The lowest BCUT2D eigenvalue weighted by molar-refractivity contribution is 0.192. The number of nitrogens with zero attached hydrogens (tertiary/aromatic N) is 2. The van der Waals surface area contributed by atoms with Gasteiger partial charge in [-0.05, 0) is 38.4 Å². The maximum absolute atomic E-state index is 8.99. The predicted octanol–water partition coefficient (Wildman–Crippen LogP) is 1.91. The van der Waals surface area contributed by atoms with E-state index in [9.17, 15) is 0 Å². The Bertz CT molecular complexity index is 319. The summed E-state index contributed by atoms with van der Waals surface area (Å²) in [6, 6.07) is 0. The number of rotatable bonds is 4. The second-order valence-corrected chi connectivity index (χ2v) is 5.66. The third-order valence-electron chi connectivity index (χ3n) is 3.37. The molecule has 1 fully saturated rings. The zero-order valence-corrected chi connectivity index (χ0v) is 10.7. The highest BCUT2D eigenvalue weighted by Crippen LogP contribution is 2.23. The molecule has 2 rings (SSSR count). The van der Waals surface area contributed by atoms with Gasteiger partial charge in [0.1, 0.15) is 0 Å². The number of aromatic nitrogens is 1. The van der Waals surface area contributed by atoms with Crippen molar-refractivity contribution in [2.45, 2.75) is 32.8 Å². The molecular weight excluding hydrogens is 220 g/mol. The van der Waals surface area contributed by atoms with Crippen LogP contribution < -0.4 is 0 Å². The van der Waals surface area contributed by atoms with Crippen LogP contribution in [0, 0.1) is 5.92 Å². The number of aliphatic hydroxyl groups is 1. The van der Waals surface area contributed by atoms with Crippen molar-refractivity contribution in [3.8, 4) is 0 Å². The third kappa shape index (κ3) is 3.03. The minimum absolute atomic E-state index is 0.131. The molecule has 0 amide bonds. The summed E-state index contributed by atoms with van der Waals surface area (Å²) in [5.74, 6) is 0.792. The Morgan fingerprint density at radius 3 is 2.81 bits per heavy atom. The van der Waals surface area contributed by atoms with Crippen LogP contribution in [0.4, 0.5) is 0 Å². The Hall–Kier alpha value is -0.450. The highest BCUT2D eigenvalue weighted by Gasteiger charge is 2.19. The smallest absolute Gasteiger partial charge is 0.0931 e. The fraction of sp³-hybridized carbons (Fsp3) is 0.750. The summed E-state index contributed by atoms with van der Waals surface area (Å²) in [6.07, 6.45) is 5.49. The molecule has 0 bridgehead atoms. The number of thiazole rings is 1. The van der Waals surface area contributed by atoms with Gasteiger partial charge in [0.15, 0.2) is 0 Å². The molecular formula is C12H20N2OS. The number of hydrogen-bond donors (Lipinski definition) is 1. The zero-order valence-electron chi connectivity index (χ0n) is 9.85. The largest absolute Gasteiger partial charge is 0.391 e. The highest BCUT2D eigenvalue weighted by molar-refractivity contribution is 7.11. The van der Waals surface area contributed by atoms with Crippen molar-refractivity contribution in [2.75, 3.05) is 19.6 Å². The van der Waals surface area contributed by atoms with Crippen LogP contribution in [0.1, 0.15) is 29.7 Å². The fourth-order valence-corrected chi connectivity index (χ4v) is 3.17. The lowest BCUT2D eigenvalue weighted by atomic mass is 9.94. The highest BCUT2D eigenvalue weighted by atomic mass is 32.1. The molecule has 1 aromatic rings. The molecule has 0 spiro atoms. The second kappa shape index (κ2) is 5.75. The van der Waals surface area contributed by atoms with E-state index in [4.69, 9.17) is 5.11 Å². The Balaban J connectivity index is 1.82. The number of likely N-dealkylation sites (tertiary alicyclic amines) is 1. The topological polar surface area (TPSA) is 36.4 Å². The van der Waals surface area contributed by atoms with Gasteiger partial charge in [0.2, 0.25) is 0 Å². The minimum Gasteiger partial charge on any atom is -0.391 e. The van der Waals surface area contributed by atoms with E-state index < -0.39 is 0 Å². The molecule has 4 heteroatoms. The van der Waals surface area contributed by atoms with E-state index in [-0.39, 0.29) is 6.61 Å². The van der Waals surface area contributed by atoms with Crippen LogP contribution in [-0.4, -0.2) is 34.6 Å². The lowest BCUT2D eigenvalue weighted by Gasteiger charge is -2.30. The molecule has 1 aromatic heterocycles. The van der Waals surface area contributed by atoms with Crippen molar-refractivity contribution in [2.24, 2.45) is 5.92 Å². The Kier molecular flexibility index (Phi) is 4.32. The predicted molar refractivity (Wildman–Crippen MR) is 66.6 cm³/mol. The standard InChI is InChI=1S/C12H20N2OS/c1-2-14-5-3-10(4-6-14)7-12-13-8-11(9-15)16-12/h8,10,15H,2-7,9H2,1H3. The maximum atomic E-state index is 8.99. The molecule has 0 aromatic carbocycles.